The van der Waals surface area contributed by atoms with Crippen LogP contribution in [0.5, 0.6) is 0 Å². The molecule has 7 nitrogen and oxygen atoms in total. The fraction of sp³-hybridized carbons (Fsp3) is 0.300. The lowest BCUT2D eigenvalue weighted by Crippen LogP contribution is -2.46. The van der Waals surface area contributed by atoms with E-state index in [2.05, 4.69) is 34.8 Å². The van der Waals surface area contributed by atoms with Crippen LogP contribution in [0.15, 0.2) is 50.4 Å². The third-order valence-electron chi connectivity index (χ3n) is 4.82. The predicted molar refractivity (Wildman–Crippen MR) is 125 cm³/mol. The SMILES string of the molecule is O=C(/C(=N/I)Nc1ccc(F)c(Br)c1)C1CCN(C(=O)NCc2cccnc2)CC1. The number of benzene rings is 1. The molecule has 1 aliphatic heterocycles. The number of aromatic nitrogens is 1. The summed E-state index contributed by atoms with van der Waals surface area (Å²) < 4.78 is 17.8. The minimum atomic E-state index is -0.381. The second kappa shape index (κ2) is 10.8. The zero-order valence-electron chi connectivity index (χ0n) is 15.9. The van der Waals surface area contributed by atoms with Crippen LogP contribution < -0.4 is 10.6 Å². The number of carbonyl (C=O) groups is 2. The van der Waals surface area contributed by atoms with Gasteiger partial charge >= 0.3 is 6.03 Å². The Morgan fingerprint density at radius 2 is 2.07 bits per heavy atom. The van der Waals surface area contributed by atoms with E-state index < -0.39 is 0 Å². The van der Waals surface area contributed by atoms with Crippen LogP contribution in [-0.4, -0.2) is 40.6 Å². The molecule has 0 unspecified atom stereocenters. The molecule has 0 aliphatic carbocycles. The van der Waals surface area contributed by atoms with Crippen molar-refractivity contribution in [3.63, 3.8) is 0 Å². The van der Waals surface area contributed by atoms with E-state index in [-0.39, 0.29) is 29.4 Å². The first-order valence-corrected chi connectivity index (χ1v) is 11.1. The number of amidine groups is 1. The molecule has 0 bridgehead atoms. The number of anilines is 1. The van der Waals surface area contributed by atoms with Gasteiger partial charge in [-0.05, 0) is 58.6 Å². The van der Waals surface area contributed by atoms with Crippen molar-refractivity contribution in [2.45, 2.75) is 19.4 Å². The van der Waals surface area contributed by atoms with E-state index in [1.165, 1.54) is 6.07 Å². The first-order valence-electron chi connectivity index (χ1n) is 9.35. The average Bonchev–Trinajstić information content (AvgIpc) is 2.78. The number of halogens is 3. The highest BCUT2D eigenvalue weighted by Crippen LogP contribution is 2.23. The normalized spacial score (nSPS) is 15.0. The Kier molecular flexibility index (Phi) is 8.14. The highest BCUT2D eigenvalue weighted by Gasteiger charge is 2.30. The topological polar surface area (TPSA) is 86.7 Å². The molecule has 158 valence electrons. The molecule has 1 saturated heterocycles. The summed E-state index contributed by atoms with van der Waals surface area (Å²) in [4.78, 5) is 31.0. The van der Waals surface area contributed by atoms with Crippen LogP contribution in [0, 0.1) is 11.7 Å². The molecular formula is C20H20BrFIN5O2. The van der Waals surface area contributed by atoms with Crippen molar-refractivity contribution in [2.75, 3.05) is 18.4 Å². The second-order valence-electron chi connectivity index (χ2n) is 6.83. The van der Waals surface area contributed by atoms with Crippen LogP contribution in [0.3, 0.4) is 0 Å². The van der Waals surface area contributed by atoms with Crippen LogP contribution in [0.1, 0.15) is 18.4 Å². The standard InChI is InChI=1S/C20H20BrFIN5O2/c21-16-10-15(3-4-17(16)22)26-19(27-23)18(29)14-5-8-28(9-6-14)20(30)25-12-13-2-1-7-24-11-13/h1-4,7,10-11,14H,5-6,8-9,12H2,(H,25,30)(H,26,27). The molecule has 0 spiro atoms. The number of likely N-dealkylation sites (tertiary alicyclic amines) is 1. The van der Waals surface area contributed by atoms with Gasteiger partial charge in [0.1, 0.15) is 5.82 Å². The molecule has 3 rings (SSSR count). The number of urea groups is 1. The lowest BCUT2D eigenvalue weighted by Gasteiger charge is -2.31. The summed E-state index contributed by atoms with van der Waals surface area (Å²) >= 11 is 4.90. The molecule has 1 aliphatic rings. The molecule has 2 amide bonds. The van der Waals surface area contributed by atoms with E-state index in [1.807, 2.05) is 12.1 Å². The molecule has 30 heavy (non-hydrogen) atoms. The number of piperidine rings is 1. The van der Waals surface area contributed by atoms with Crippen molar-refractivity contribution in [1.82, 2.24) is 15.2 Å². The van der Waals surface area contributed by atoms with Gasteiger partial charge in [0.05, 0.1) is 27.3 Å². The van der Waals surface area contributed by atoms with Crippen LogP contribution in [0.4, 0.5) is 14.9 Å². The van der Waals surface area contributed by atoms with E-state index >= 15 is 0 Å². The number of nitrogens with one attached hydrogen (secondary N) is 2. The summed E-state index contributed by atoms with van der Waals surface area (Å²) in [6.07, 6.45) is 4.51. The molecule has 10 heteroatoms. The van der Waals surface area contributed by atoms with Crippen molar-refractivity contribution < 1.29 is 14.0 Å². The molecule has 0 atom stereocenters. The number of hydrogen-bond donors (Lipinski definition) is 2. The van der Waals surface area contributed by atoms with Crippen molar-refractivity contribution in [3.05, 3.63) is 58.6 Å². The third-order valence-corrected chi connectivity index (χ3v) is 5.91. The van der Waals surface area contributed by atoms with E-state index in [4.69, 9.17) is 0 Å². The second-order valence-corrected chi connectivity index (χ2v) is 8.17. The lowest BCUT2D eigenvalue weighted by molar-refractivity contribution is -0.117. The summed E-state index contributed by atoms with van der Waals surface area (Å²) in [5.41, 5.74) is 1.50. The van der Waals surface area contributed by atoms with Gasteiger partial charge in [0.15, 0.2) is 5.84 Å². The van der Waals surface area contributed by atoms with E-state index in [1.54, 1.807) is 52.3 Å². The van der Waals surface area contributed by atoms with Gasteiger partial charge in [-0.3, -0.25) is 9.78 Å². The monoisotopic (exact) mass is 587 g/mol. The van der Waals surface area contributed by atoms with Gasteiger partial charge in [-0.1, -0.05) is 6.07 Å². The smallest absolute Gasteiger partial charge is 0.317 e. The minimum absolute atomic E-state index is 0.111. The van der Waals surface area contributed by atoms with Gasteiger partial charge in [-0.2, -0.15) is 3.21 Å². The van der Waals surface area contributed by atoms with Crippen molar-refractivity contribution in [3.8, 4) is 0 Å². The summed E-state index contributed by atoms with van der Waals surface area (Å²) in [7, 11) is 0. The molecule has 1 fully saturated rings. The molecular weight excluding hydrogens is 568 g/mol. The quantitative estimate of drug-likeness (QED) is 0.310. The van der Waals surface area contributed by atoms with Crippen LogP contribution in [0.25, 0.3) is 0 Å². The fourth-order valence-corrected chi connectivity index (χ4v) is 3.90. The molecule has 1 aromatic heterocycles. The minimum Gasteiger partial charge on any atom is -0.337 e. The Bertz CT molecular complexity index is 936. The van der Waals surface area contributed by atoms with Crippen LogP contribution >= 0.6 is 38.8 Å². The molecule has 0 radical (unpaired) electrons. The van der Waals surface area contributed by atoms with Crippen molar-refractivity contribution in [2.24, 2.45) is 9.12 Å². The molecule has 0 saturated carbocycles. The van der Waals surface area contributed by atoms with Crippen molar-refractivity contribution >= 4 is 62.1 Å². The maximum absolute atomic E-state index is 13.4. The van der Waals surface area contributed by atoms with Crippen LogP contribution in [0.2, 0.25) is 0 Å². The Morgan fingerprint density at radius 1 is 1.30 bits per heavy atom. The Balaban J connectivity index is 1.51. The third kappa shape index (κ3) is 5.97. The number of hydrogen-bond acceptors (Lipinski definition) is 4. The Morgan fingerprint density at radius 3 is 2.70 bits per heavy atom. The van der Waals surface area contributed by atoms with E-state index in [0.717, 1.165) is 5.56 Å². The Labute approximate surface area is 196 Å². The van der Waals surface area contributed by atoms with Gasteiger partial charge in [-0.25, -0.2) is 9.18 Å². The summed E-state index contributed by atoms with van der Waals surface area (Å²) in [5.74, 6) is -0.500. The maximum Gasteiger partial charge on any atom is 0.317 e. The summed E-state index contributed by atoms with van der Waals surface area (Å²) in [6.45, 7) is 1.39. The van der Waals surface area contributed by atoms with Gasteiger partial charge in [0.25, 0.3) is 0 Å². The van der Waals surface area contributed by atoms with Gasteiger partial charge < -0.3 is 15.5 Å². The van der Waals surface area contributed by atoms with Gasteiger partial charge in [0, 0.05) is 43.6 Å². The van der Waals surface area contributed by atoms with Gasteiger partial charge in [-0.15, -0.1) is 0 Å². The maximum atomic E-state index is 13.4. The summed E-state index contributed by atoms with van der Waals surface area (Å²) in [6, 6.07) is 7.98. The first-order chi connectivity index (χ1) is 14.5. The van der Waals surface area contributed by atoms with Gasteiger partial charge in [0.2, 0.25) is 5.78 Å². The molecule has 1 aromatic carbocycles. The van der Waals surface area contributed by atoms with E-state index in [0.29, 0.717) is 42.6 Å². The number of ketones is 1. The number of rotatable bonds is 5. The zero-order chi connectivity index (χ0) is 21.5. The Hall–Kier alpha value is -2.08. The predicted octanol–water partition coefficient (Wildman–Crippen LogP) is 4.33. The lowest BCUT2D eigenvalue weighted by atomic mass is 9.92. The largest absolute Gasteiger partial charge is 0.337 e. The zero-order valence-corrected chi connectivity index (χ0v) is 19.7. The number of Topliss-reactive ketones (excluding diaryl/α,β-unsaturated/α-hetero) is 1. The molecule has 2 heterocycles. The fourth-order valence-electron chi connectivity index (χ4n) is 3.17. The van der Waals surface area contributed by atoms with E-state index in [9.17, 15) is 14.0 Å². The highest BCUT2D eigenvalue weighted by atomic mass is 127. The number of amides is 2. The number of carbonyl (C=O) groups excluding carboxylic acids is 2. The molecule has 2 N–H and O–H groups in total. The average molecular weight is 588 g/mol. The summed E-state index contributed by atoms with van der Waals surface area (Å²) in [5, 5.41) is 5.84. The number of nitrogens with zero attached hydrogens (tertiary/aromatic N) is 3. The van der Waals surface area contributed by atoms with Crippen molar-refractivity contribution in [1.29, 1.82) is 0 Å². The number of pyridine rings is 1. The highest BCUT2D eigenvalue weighted by molar-refractivity contribution is 14.1. The molecule has 2 aromatic rings. The van der Waals surface area contributed by atoms with Crippen LogP contribution in [-0.2, 0) is 11.3 Å². The first kappa shape index (κ1) is 22.6.